The van der Waals surface area contributed by atoms with Crippen molar-refractivity contribution < 1.29 is 4.42 Å². The Morgan fingerprint density at radius 2 is 2.27 bits per heavy atom. The van der Waals surface area contributed by atoms with E-state index in [0.717, 1.165) is 29.3 Å². The maximum atomic E-state index is 5.04. The lowest BCUT2D eigenvalue weighted by atomic mass is 10.2. The number of aromatic nitrogens is 2. The number of furan rings is 1. The molecule has 4 heteroatoms. The lowest BCUT2D eigenvalue weighted by Crippen LogP contribution is -2.00. The van der Waals surface area contributed by atoms with Crippen LogP contribution in [0.25, 0.3) is 11.3 Å². The molecule has 0 saturated carbocycles. The fourth-order valence-corrected chi connectivity index (χ4v) is 1.34. The van der Waals surface area contributed by atoms with E-state index >= 15 is 0 Å². The van der Waals surface area contributed by atoms with E-state index in [4.69, 9.17) is 4.42 Å². The second-order valence-electron chi connectivity index (χ2n) is 3.17. The average Bonchev–Trinajstić information content (AvgIpc) is 2.81. The summed E-state index contributed by atoms with van der Waals surface area (Å²) in [6, 6.07) is 3.80. The molecule has 0 atom stereocenters. The molecule has 2 aromatic heterocycles. The Morgan fingerprint density at radius 1 is 1.40 bits per heavy atom. The quantitative estimate of drug-likeness (QED) is 0.831. The Balaban J connectivity index is 2.47. The van der Waals surface area contributed by atoms with Crippen molar-refractivity contribution in [1.29, 1.82) is 0 Å². The Bertz CT molecular complexity index is 415. The highest BCUT2D eigenvalue weighted by molar-refractivity contribution is 5.61. The highest BCUT2D eigenvalue weighted by atomic mass is 16.3. The molecule has 2 aromatic rings. The molecule has 0 aromatic carbocycles. The van der Waals surface area contributed by atoms with Gasteiger partial charge in [0.15, 0.2) is 0 Å². The number of hydrogen-bond donors (Lipinski definition) is 1. The summed E-state index contributed by atoms with van der Waals surface area (Å²) >= 11 is 0. The predicted octanol–water partition coefficient (Wildman–Crippen LogP) is 2.34. The third-order valence-corrected chi connectivity index (χ3v) is 2.16. The van der Waals surface area contributed by atoms with E-state index < -0.39 is 0 Å². The van der Waals surface area contributed by atoms with Crippen molar-refractivity contribution in [2.45, 2.75) is 13.3 Å². The third-order valence-electron chi connectivity index (χ3n) is 2.16. The van der Waals surface area contributed by atoms with Crippen LogP contribution in [0, 0.1) is 0 Å². The van der Waals surface area contributed by atoms with Gasteiger partial charge >= 0.3 is 0 Å². The molecule has 0 spiro atoms. The minimum atomic E-state index is 0.820. The number of nitrogens with one attached hydrogen (secondary N) is 1. The van der Waals surface area contributed by atoms with Crippen LogP contribution >= 0.6 is 0 Å². The summed E-state index contributed by atoms with van der Waals surface area (Å²) < 4.78 is 5.04. The van der Waals surface area contributed by atoms with Gasteiger partial charge in [-0.05, 0) is 6.07 Å². The third kappa shape index (κ3) is 1.98. The molecular weight excluding hydrogens is 190 g/mol. The minimum Gasteiger partial charge on any atom is -0.472 e. The molecule has 0 aliphatic heterocycles. The molecule has 0 saturated heterocycles. The van der Waals surface area contributed by atoms with Gasteiger partial charge in [-0.1, -0.05) is 6.92 Å². The molecule has 0 aliphatic rings. The normalized spacial score (nSPS) is 10.3. The summed E-state index contributed by atoms with van der Waals surface area (Å²) in [5, 5.41) is 3.02. The highest BCUT2D eigenvalue weighted by Crippen LogP contribution is 2.20. The Kier molecular flexibility index (Phi) is 2.67. The number of nitrogens with zero attached hydrogens (tertiary/aromatic N) is 2. The van der Waals surface area contributed by atoms with Gasteiger partial charge in [-0.15, -0.1) is 0 Å². The SMILES string of the molecule is CCc1nc(NC)cc(-c2ccoc2)n1. The predicted molar refractivity (Wildman–Crippen MR) is 58.7 cm³/mol. The van der Waals surface area contributed by atoms with Crippen LogP contribution in [0.1, 0.15) is 12.7 Å². The molecule has 78 valence electrons. The van der Waals surface area contributed by atoms with Gasteiger partial charge in [-0.2, -0.15) is 0 Å². The van der Waals surface area contributed by atoms with Crippen molar-refractivity contribution in [3.05, 3.63) is 30.5 Å². The fraction of sp³-hybridized carbons (Fsp3) is 0.273. The van der Waals surface area contributed by atoms with Crippen LogP contribution in [-0.4, -0.2) is 17.0 Å². The van der Waals surface area contributed by atoms with E-state index in [9.17, 15) is 0 Å². The molecule has 2 heterocycles. The molecule has 2 rings (SSSR count). The molecule has 4 nitrogen and oxygen atoms in total. The van der Waals surface area contributed by atoms with Gasteiger partial charge in [-0.25, -0.2) is 9.97 Å². The first-order valence-corrected chi connectivity index (χ1v) is 4.91. The van der Waals surface area contributed by atoms with E-state index in [1.54, 1.807) is 12.5 Å². The summed E-state index contributed by atoms with van der Waals surface area (Å²) in [5.41, 5.74) is 1.86. The number of aryl methyl sites for hydroxylation is 1. The van der Waals surface area contributed by atoms with Gasteiger partial charge in [-0.3, -0.25) is 0 Å². The Hall–Kier alpha value is -1.84. The average molecular weight is 203 g/mol. The maximum absolute atomic E-state index is 5.04. The van der Waals surface area contributed by atoms with Crippen molar-refractivity contribution in [2.75, 3.05) is 12.4 Å². The monoisotopic (exact) mass is 203 g/mol. The number of hydrogen-bond acceptors (Lipinski definition) is 4. The zero-order valence-corrected chi connectivity index (χ0v) is 8.82. The van der Waals surface area contributed by atoms with Gasteiger partial charge in [0.1, 0.15) is 11.6 Å². The van der Waals surface area contributed by atoms with E-state index in [1.165, 1.54) is 0 Å². The van der Waals surface area contributed by atoms with Crippen molar-refractivity contribution in [3.8, 4) is 11.3 Å². The van der Waals surface area contributed by atoms with Crippen molar-refractivity contribution >= 4 is 5.82 Å². The summed E-state index contributed by atoms with van der Waals surface area (Å²) in [5.74, 6) is 1.66. The first kappa shape index (κ1) is 9.71. The van der Waals surface area contributed by atoms with E-state index in [-0.39, 0.29) is 0 Å². The minimum absolute atomic E-state index is 0.820. The van der Waals surface area contributed by atoms with E-state index in [2.05, 4.69) is 15.3 Å². The van der Waals surface area contributed by atoms with Gasteiger partial charge < -0.3 is 9.73 Å². The lowest BCUT2D eigenvalue weighted by Gasteiger charge is -2.04. The summed E-state index contributed by atoms with van der Waals surface area (Å²) in [4.78, 5) is 8.76. The van der Waals surface area contributed by atoms with E-state index in [1.807, 2.05) is 26.1 Å². The van der Waals surface area contributed by atoms with Crippen molar-refractivity contribution in [1.82, 2.24) is 9.97 Å². The summed E-state index contributed by atoms with van der Waals surface area (Å²) in [6.07, 6.45) is 4.14. The first-order chi connectivity index (χ1) is 7.33. The van der Waals surface area contributed by atoms with Gasteiger partial charge in [0.2, 0.25) is 0 Å². The zero-order chi connectivity index (χ0) is 10.7. The van der Waals surface area contributed by atoms with Crippen molar-refractivity contribution in [3.63, 3.8) is 0 Å². The number of rotatable bonds is 3. The summed E-state index contributed by atoms with van der Waals surface area (Å²) in [6.45, 7) is 2.04. The fourth-order valence-electron chi connectivity index (χ4n) is 1.34. The van der Waals surface area contributed by atoms with Crippen LogP contribution in [0.2, 0.25) is 0 Å². The lowest BCUT2D eigenvalue weighted by molar-refractivity contribution is 0.568. The van der Waals surface area contributed by atoms with Crippen LogP contribution in [-0.2, 0) is 6.42 Å². The second kappa shape index (κ2) is 4.13. The van der Waals surface area contributed by atoms with E-state index in [0.29, 0.717) is 0 Å². The van der Waals surface area contributed by atoms with Crippen molar-refractivity contribution in [2.24, 2.45) is 0 Å². The summed E-state index contributed by atoms with van der Waals surface area (Å²) in [7, 11) is 1.85. The molecule has 0 unspecified atom stereocenters. The maximum Gasteiger partial charge on any atom is 0.131 e. The highest BCUT2D eigenvalue weighted by Gasteiger charge is 2.05. The van der Waals surface area contributed by atoms with Crippen LogP contribution in [0.4, 0.5) is 5.82 Å². The molecule has 0 fully saturated rings. The largest absolute Gasteiger partial charge is 0.472 e. The molecule has 0 radical (unpaired) electrons. The molecule has 0 bridgehead atoms. The second-order valence-corrected chi connectivity index (χ2v) is 3.17. The van der Waals surface area contributed by atoms with Gasteiger partial charge in [0.25, 0.3) is 0 Å². The molecule has 0 aliphatic carbocycles. The van der Waals surface area contributed by atoms with Gasteiger partial charge in [0.05, 0.1) is 18.2 Å². The topological polar surface area (TPSA) is 51.0 Å². The standard InChI is InChI=1S/C11H13N3O/c1-3-10-13-9(6-11(12-2)14-10)8-4-5-15-7-8/h4-7H,3H2,1-2H3,(H,12,13,14). The molecular formula is C11H13N3O. The van der Waals surface area contributed by atoms with Crippen LogP contribution in [0.3, 0.4) is 0 Å². The molecule has 0 amide bonds. The zero-order valence-electron chi connectivity index (χ0n) is 8.82. The van der Waals surface area contributed by atoms with Crippen LogP contribution in [0.5, 0.6) is 0 Å². The Morgan fingerprint density at radius 3 is 2.87 bits per heavy atom. The molecule has 15 heavy (non-hydrogen) atoms. The van der Waals surface area contributed by atoms with Crippen LogP contribution in [0.15, 0.2) is 29.1 Å². The Labute approximate surface area is 88.4 Å². The first-order valence-electron chi connectivity index (χ1n) is 4.91. The molecule has 1 N–H and O–H groups in total. The smallest absolute Gasteiger partial charge is 0.131 e. The van der Waals surface area contributed by atoms with Crippen LogP contribution < -0.4 is 5.32 Å². The van der Waals surface area contributed by atoms with Gasteiger partial charge in [0, 0.05) is 25.1 Å². The number of anilines is 1.